The minimum atomic E-state index is -0.661. The first kappa shape index (κ1) is 19.7. The summed E-state index contributed by atoms with van der Waals surface area (Å²) in [7, 11) is 1.27. The van der Waals surface area contributed by atoms with E-state index in [4.69, 9.17) is 9.47 Å². The van der Waals surface area contributed by atoms with Crippen molar-refractivity contribution in [2.24, 2.45) is 0 Å². The Labute approximate surface area is 141 Å². The Balaban J connectivity index is 2.92. The van der Waals surface area contributed by atoms with Gasteiger partial charge in [-0.25, -0.2) is 9.18 Å². The van der Waals surface area contributed by atoms with Gasteiger partial charge in [0, 0.05) is 0 Å². The number of carbonyl (C=O) groups is 2. The maximum atomic E-state index is 12.2. The Kier molecular flexibility index (Phi) is 7.48. The molecular weight excluding hydrogens is 317 g/mol. The first-order valence-electron chi connectivity index (χ1n) is 7.60. The van der Waals surface area contributed by atoms with Crippen LogP contribution in [0.4, 0.5) is 9.18 Å². The lowest BCUT2D eigenvalue weighted by Gasteiger charge is -2.23. The maximum Gasteiger partial charge on any atom is 0.408 e. The van der Waals surface area contributed by atoms with Crippen LogP contribution in [0.2, 0.25) is 0 Å². The number of hydrogen-bond acceptors (Lipinski definition) is 5. The van der Waals surface area contributed by atoms with Crippen molar-refractivity contribution in [3.05, 3.63) is 29.8 Å². The molecule has 1 rings (SSSR count). The molecule has 0 bridgehead atoms. The molecule has 0 aliphatic heterocycles. The number of halogens is 1. The van der Waals surface area contributed by atoms with Crippen molar-refractivity contribution in [3.63, 3.8) is 0 Å². The summed E-state index contributed by atoms with van der Waals surface area (Å²) in [5, 5.41) is 2.65. The summed E-state index contributed by atoms with van der Waals surface area (Å²) in [5.41, 5.74) is -0.0333. The molecule has 0 fully saturated rings. The standard InChI is InChI=1S/C17H24FNO5/c1-17(2,3)24-16(21)19-14(11-15(20)22-4)12-6-5-7-13(10-12)23-9-8-18/h5-7,10,14H,8-9,11H2,1-4H3,(H,19,21). The molecule has 1 aromatic rings. The third kappa shape index (κ3) is 7.30. The van der Waals surface area contributed by atoms with E-state index >= 15 is 0 Å². The molecule has 7 heteroatoms. The smallest absolute Gasteiger partial charge is 0.408 e. The van der Waals surface area contributed by atoms with Crippen LogP contribution >= 0.6 is 0 Å². The number of amides is 1. The average Bonchev–Trinajstić information content (AvgIpc) is 2.50. The SMILES string of the molecule is COC(=O)CC(NC(=O)OC(C)(C)C)c1cccc(OCCF)c1. The van der Waals surface area contributed by atoms with Crippen molar-refractivity contribution in [3.8, 4) is 5.75 Å². The van der Waals surface area contributed by atoms with Gasteiger partial charge in [0.25, 0.3) is 0 Å². The molecule has 1 atom stereocenters. The van der Waals surface area contributed by atoms with E-state index in [0.717, 1.165) is 0 Å². The van der Waals surface area contributed by atoms with Crippen LogP contribution in [0.25, 0.3) is 0 Å². The molecule has 1 N–H and O–H groups in total. The van der Waals surface area contributed by atoms with Gasteiger partial charge in [0.15, 0.2) is 0 Å². The van der Waals surface area contributed by atoms with Gasteiger partial charge in [-0.05, 0) is 38.5 Å². The van der Waals surface area contributed by atoms with E-state index in [2.05, 4.69) is 10.1 Å². The molecule has 1 amide bonds. The highest BCUT2D eigenvalue weighted by Gasteiger charge is 2.23. The highest BCUT2D eigenvalue weighted by molar-refractivity contribution is 5.73. The molecule has 134 valence electrons. The Morgan fingerprint density at radius 3 is 2.58 bits per heavy atom. The van der Waals surface area contributed by atoms with E-state index in [1.165, 1.54) is 7.11 Å². The molecule has 0 aromatic heterocycles. The first-order chi connectivity index (χ1) is 11.2. The lowest BCUT2D eigenvalue weighted by atomic mass is 10.0. The summed E-state index contributed by atoms with van der Waals surface area (Å²) < 4.78 is 27.3. The predicted octanol–water partition coefficient (Wildman–Crippen LogP) is 3.16. The molecule has 0 aliphatic carbocycles. The van der Waals surface area contributed by atoms with Gasteiger partial charge in [-0.1, -0.05) is 12.1 Å². The van der Waals surface area contributed by atoms with Gasteiger partial charge in [0.05, 0.1) is 19.6 Å². The highest BCUT2D eigenvalue weighted by Crippen LogP contribution is 2.23. The summed E-state index contributed by atoms with van der Waals surface area (Å²) in [6.07, 6.45) is -0.714. The van der Waals surface area contributed by atoms with E-state index in [0.29, 0.717) is 11.3 Å². The van der Waals surface area contributed by atoms with Gasteiger partial charge >= 0.3 is 12.1 Å². The number of esters is 1. The molecule has 1 unspecified atom stereocenters. The summed E-state index contributed by atoms with van der Waals surface area (Å²) in [6.45, 7) is 4.56. The second kappa shape index (κ2) is 9.10. The van der Waals surface area contributed by atoms with Crippen molar-refractivity contribution < 1.29 is 28.2 Å². The normalized spacial score (nSPS) is 12.2. The summed E-state index contributed by atoms with van der Waals surface area (Å²) in [6, 6.07) is 6.08. The predicted molar refractivity (Wildman–Crippen MR) is 86.7 cm³/mol. The van der Waals surface area contributed by atoms with Crippen LogP contribution in [0, 0.1) is 0 Å². The summed E-state index contributed by atoms with van der Waals surface area (Å²) in [4.78, 5) is 23.6. The van der Waals surface area contributed by atoms with Crippen molar-refractivity contribution >= 4 is 12.1 Å². The van der Waals surface area contributed by atoms with Crippen LogP contribution in [0.1, 0.15) is 38.8 Å². The Hall–Kier alpha value is -2.31. The van der Waals surface area contributed by atoms with Crippen LogP contribution < -0.4 is 10.1 Å². The fraction of sp³-hybridized carbons (Fsp3) is 0.529. The fourth-order valence-corrected chi connectivity index (χ4v) is 1.93. The van der Waals surface area contributed by atoms with Crippen LogP contribution in [-0.2, 0) is 14.3 Å². The van der Waals surface area contributed by atoms with Crippen LogP contribution in [0.3, 0.4) is 0 Å². The minimum absolute atomic E-state index is 0.0649. The Morgan fingerprint density at radius 2 is 2.00 bits per heavy atom. The molecule has 0 spiro atoms. The summed E-state index contributed by atoms with van der Waals surface area (Å²) in [5.74, 6) is -0.0304. The van der Waals surface area contributed by atoms with Gasteiger partial charge < -0.3 is 19.5 Å². The van der Waals surface area contributed by atoms with Crippen molar-refractivity contribution in [1.29, 1.82) is 0 Å². The lowest BCUT2D eigenvalue weighted by Crippen LogP contribution is -2.36. The van der Waals surface area contributed by atoms with E-state index in [1.54, 1.807) is 45.0 Å². The number of ether oxygens (including phenoxy) is 3. The largest absolute Gasteiger partial charge is 0.491 e. The van der Waals surface area contributed by atoms with Gasteiger partial charge in [-0.3, -0.25) is 4.79 Å². The number of alkyl carbamates (subject to hydrolysis) is 1. The monoisotopic (exact) mass is 341 g/mol. The average molecular weight is 341 g/mol. The third-order valence-corrected chi connectivity index (χ3v) is 2.90. The minimum Gasteiger partial charge on any atom is -0.491 e. The number of alkyl halides is 1. The van der Waals surface area contributed by atoms with Gasteiger partial charge in [0.1, 0.15) is 24.6 Å². The van der Waals surface area contributed by atoms with E-state index in [9.17, 15) is 14.0 Å². The van der Waals surface area contributed by atoms with Crippen molar-refractivity contribution in [2.75, 3.05) is 20.4 Å². The molecule has 0 radical (unpaired) electrons. The van der Waals surface area contributed by atoms with Crippen LogP contribution in [0.15, 0.2) is 24.3 Å². The van der Waals surface area contributed by atoms with Gasteiger partial charge in [-0.2, -0.15) is 0 Å². The van der Waals surface area contributed by atoms with E-state index in [1.807, 2.05) is 0 Å². The molecule has 0 saturated heterocycles. The summed E-state index contributed by atoms with van der Waals surface area (Å²) >= 11 is 0. The molecule has 0 saturated carbocycles. The highest BCUT2D eigenvalue weighted by atomic mass is 19.1. The zero-order valence-corrected chi connectivity index (χ0v) is 14.4. The molecule has 6 nitrogen and oxygen atoms in total. The second-order valence-electron chi connectivity index (χ2n) is 6.09. The topological polar surface area (TPSA) is 73.9 Å². The maximum absolute atomic E-state index is 12.2. The molecule has 0 heterocycles. The molecular formula is C17H24FNO5. The van der Waals surface area contributed by atoms with Gasteiger partial charge in [-0.15, -0.1) is 0 Å². The first-order valence-corrected chi connectivity index (χ1v) is 7.60. The number of nitrogens with one attached hydrogen (secondary N) is 1. The third-order valence-electron chi connectivity index (χ3n) is 2.90. The van der Waals surface area contributed by atoms with E-state index in [-0.39, 0.29) is 13.0 Å². The number of benzene rings is 1. The zero-order chi connectivity index (χ0) is 18.2. The quantitative estimate of drug-likeness (QED) is 0.771. The molecule has 1 aromatic carbocycles. The number of carbonyl (C=O) groups excluding carboxylic acids is 2. The second-order valence-corrected chi connectivity index (χ2v) is 6.09. The Bertz CT molecular complexity index is 556. The van der Waals surface area contributed by atoms with Crippen molar-refractivity contribution in [2.45, 2.75) is 38.8 Å². The van der Waals surface area contributed by atoms with Crippen LogP contribution in [0.5, 0.6) is 5.75 Å². The number of rotatable bonds is 7. The van der Waals surface area contributed by atoms with E-state index < -0.39 is 30.4 Å². The van der Waals surface area contributed by atoms with Crippen molar-refractivity contribution in [1.82, 2.24) is 5.32 Å². The lowest BCUT2D eigenvalue weighted by molar-refractivity contribution is -0.141. The van der Waals surface area contributed by atoms with Crippen LogP contribution in [-0.4, -0.2) is 38.1 Å². The Morgan fingerprint density at radius 1 is 1.29 bits per heavy atom. The molecule has 24 heavy (non-hydrogen) atoms. The number of hydrogen-bond donors (Lipinski definition) is 1. The zero-order valence-electron chi connectivity index (χ0n) is 14.4. The number of methoxy groups -OCH3 is 1. The van der Waals surface area contributed by atoms with Gasteiger partial charge in [0.2, 0.25) is 0 Å². The molecule has 0 aliphatic rings. The fourth-order valence-electron chi connectivity index (χ4n) is 1.93.